The zero-order valence-corrected chi connectivity index (χ0v) is 23.9. The highest BCUT2D eigenvalue weighted by molar-refractivity contribution is 6.32. The molecular formula is C31H43ClN2O5. The fourth-order valence-electron chi connectivity index (χ4n) is 6.17. The number of para-hydroxylation sites is 1. The molecule has 7 nitrogen and oxygen atoms in total. The first-order chi connectivity index (χ1) is 18.8. The quantitative estimate of drug-likeness (QED) is 0.334. The number of nitrogens with two attached hydrogens (primary N) is 1. The summed E-state index contributed by atoms with van der Waals surface area (Å²) >= 11 is 6.72. The molecule has 39 heavy (non-hydrogen) atoms. The lowest BCUT2D eigenvalue weighted by molar-refractivity contribution is -0.141. The second-order valence-corrected chi connectivity index (χ2v) is 11.5. The number of hydrogen-bond acceptors (Lipinski definition) is 6. The molecule has 1 amide bonds. The third kappa shape index (κ3) is 6.95. The zero-order chi connectivity index (χ0) is 28.0. The third-order valence-electron chi connectivity index (χ3n) is 8.45. The highest BCUT2D eigenvalue weighted by Gasteiger charge is 2.45. The summed E-state index contributed by atoms with van der Waals surface area (Å²) in [7, 11) is 1.68. The molecule has 4 N–H and O–H groups in total. The Hall–Kier alpha value is -2.16. The molecule has 0 spiro atoms. The Morgan fingerprint density at radius 3 is 2.72 bits per heavy atom. The number of hydrogen-bond donors (Lipinski definition) is 3. The molecule has 2 aliphatic rings. The lowest BCUT2D eigenvalue weighted by Gasteiger charge is -2.44. The van der Waals surface area contributed by atoms with Gasteiger partial charge < -0.3 is 30.3 Å². The number of benzene rings is 2. The van der Waals surface area contributed by atoms with Crippen LogP contribution in [0, 0.1) is 11.8 Å². The molecule has 2 aromatic rings. The minimum atomic E-state index is -1.26. The van der Waals surface area contributed by atoms with Crippen LogP contribution in [-0.4, -0.2) is 60.0 Å². The largest absolute Gasteiger partial charge is 0.455 e. The van der Waals surface area contributed by atoms with Crippen LogP contribution in [0.5, 0.6) is 11.5 Å². The fourth-order valence-corrected chi connectivity index (χ4v) is 6.39. The van der Waals surface area contributed by atoms with E-state index in [-0.39, 0.29) is 23.8 Å². The van der Waals surface area contributed by atoms with Crippen molar-refractivity contribution < 1.29 is 24.5 Å². The van der Waals surface area contributed by atoms with Gasteiger partial charge in [-0.15, -0.1) is 0 Å². The number of aryl methyl sites for hydroxylation is 1. The molecular weight excluding hydrogens is 516 g/mol. The molecule has 0 aromatic heterocycles. The maximum absolute atomic E-state index is 13.4. The summed E-state index contributed by atoms with van der Waals surface area (Å²) in [6.45, 7) is 3.77. The van der Waals surface area contributed by atoms with Crippen LogP contribution in [0.4, 0.5) is 0 Å². The van der Waals surface area contributed by atoms with E-state index in [1.165, 1.54) is 0 Å². The van der Waals surface area contributed by atoms with Crippen LogP contribution in [0.3, 0.4) is 0 Å². The maximum atomic E-state index is 13.4. The van der Waals surface area contributed by atoms with Gasteiger partial charge in [-0.3, -0.25) is 4.79 Å². The van der Waals surface area contributed by atoms with E-state index in [0.717, 1.165) is 37.7 Å². The van der Waals surface area contributed by atoms with Crippen molar-refractivity contribution in [1.29, 1.82) is 0 Å². The number of rotatable bonds is 11. The predicted molar refractivity (Wildman–Crippen MR) is 153 cm³/mol. The molecule has 2 aromatic carbocycles. The third-order valence-corrected chi connectivity index (χ3v) is 8.75. The fraction of sp³-hybridized carbons (Fsp3) is 0.581. The van der Waals surface area contributed by atoms with E-state index >= 15 is 0 Å². The Morgan fingerprint density at radius 2 is 2.00 bits per heavy atom. The van der Waals surface area contributed by atoms with Crippen LogP contribution in [0.1, 0.15) is 63.0 Å². The van der Waals surface area contributed by atoms with Gasteiger partial charge in [-0.05, 0) is 75.1 Å². The van der Waals surface area contributed by atoms with Gasteiger partial charge in [-0.25, -0.2) is 0 Å². The summed E-state index contributed by atoms with van der Waals surface area (Å²) in [4.78, 5) is 15.3. The van der Waals surface area contributed by atoms with Crippen LogP contribution in [0.15, 0.2) is 42.5 Å². The molecule has 0 radical (unpaired) electrons. The van der Waals surface area contributed by atoms with Gasteiger partial charge in [0.2, 0.25) is 5.91 Å². The number of nitrogens with zero attached hydrogens (tertiary/aromatic N) is 1. The van der Waals surface area contributed by atoms with Gasteiger partial charge in [-0.1, -0.05) is 42.8 Å². The van der Waals surface area contributed by atoms with Crippen molar-refractivity contribution >= 4 is 17.5 Å². The molecule has 1 aliphatic carbocycles. The van der Waals surface area contributed by atoms with Crippen molar-refractivity contribution in [3.63, 3.8) is 0 Å². The molecule has 0 bridgehead atoms. The zero-order valence-electron chi connectivity index (χ0n) is 23.2. The van der Waals surface area contributed by atoms with E-state index in [1.807, 2.05) is 35.2 Å². The van der Waals surface area contributed by atoms with Crippen molar-refractivity contribution in [1.82, 2.24) is 4.90 Å². The van der Waals surface area contributed by atoms with E-state index in [2.05, 4.69) is 13.0 Å². The lowest BCUT2D eigenvalue weighted by Crippen LogP contribution is -2.49. The Bertz CT molecular complexity index is 1100. The standard InChI is InChI=1S/C31H43ClN2O5/c1-3-21-9-6-11-24(17-21)39-29-25(12-7-13-26(29)32)31(37,14-4-5-16-38-2)23-10-8-15-34(20-23)30(36)22-18-27(33)28(35)19-22/h6-7,9,11-13,17,22-23,27-28,35,37H,3-5,8,10,14-16,18-20,33H2,1-2H3. The van der Waals surface area contributed by atoms with Gasteiger partial charge in [0.05, 0.1) is 16.7 Å². The molecule has 5 atom stereocenters. The Labute approximate surface area is 237 Å². The number of carbonyl (C=O) groups is 1. The van der Waals surface area contributed by atoms with Crippen LogP contribution in [0.25, 0.3) is 0 Å². The molecule has 2 fully saturated rings. The van der Waals surface area contributed by atoms with Crippen molar-refractivity contribution in [2.45, 2.75) is 76.0 Å². The first kappa shape index (κ1) is 29.8. The number of aliphatic hydroxyl groups is 2. The summed E-state index contributed by atoms with van der Waals surface area (Å²) in [5, 5.41) is 23.1. The highest BCUT2D eigenvalue weighted by Crippen LogP contribution is 2.47. The first-order valence-corrected chi connectivity index (χ1v) is 14.6. The minimum absolute atomic E-state index is 0.0207. The number of methoxy groups -OCH3 is 1. The molecule has 1 saturated heterocycles. The van der Waals surface area contributed by atoms with Crippen LogP contribution in [-0.2, 0) is 21.6 Å². The van der Waals surface area contributed by atoms with Gasteiger partial charge in [-0.2, -0.15) is 0 Å². The number of aliphatic hydroxyl groups excluding tert-OH is 1. The maximum Gasteiger partial charge on any atom is 0.225 e. The first-order valence-electron chi connectivity index (χ1n) is 14.3. The van der Waals surface area contributed by atoms with E-state index in [1.54, 1.807) is 13.2 Å². The number of carbonyl (C=O) groups excluding carboxylic acids is 1. The van der Waals surface area contributed by atoms with Gasteiger partial charge >= 0.3 is 0 Å². The van der Waals surface area contributed by atoms with Crippen LogP contribution in [0.2, 0.25) is 5.02 Å². The molecule has 8 heteroatoms. The highest BCUT2D eigenvalue weighted by atomic mass is 35.5. The van der Waals surface area contributed by atoms with Gasteiger partial charge in [0.25, 0.3) is 0 Å². The van der Waals surface area contributed by atoms with Gasteiger partial charge in [0.1, 0.15) is 5.75 Å². The topological polar surface area (TPSA) is 105 Å². The van der Waals surface area contributed by atoms with Crippen molar-refractivity contribution in [3.8, 4) is 11.5 Å². The summed E-state index contributed by atoms with van der Waals surface area (Å²) in [5.41, 5.74) is 6.53. The summed E-state index contributed by atoms with van der Waals surface area (Å²) < 4.78 is 11.7. The van der Waals surface area contributed by atoms with Gasteiger partial charge in [0.15, 0.2) is 5.75 Å². The monoisotopic (exact) mass is 558 g/mol. The molecule has 1 saturated carbocycles. The Balaban J connectivity index is 1.64. The number of likely N-dealkylation sites (tertiary alicyclic amines) is 1. The summed E-state index contributed by atoms with van der Waals surface area (Å²) in [5.74, 6) is 0.657. The molecule has 1 aliphatic heterocycles. The average Bonchev–Trinajstić information content (AvgIpc) is 3.29. The van der Waals surface area contributed by atoms with Crippen molar-refractivity contribution in [2.75, 3.05) is 26.8 Å². The number of halogens is 1. The summed E-state index contributed by atoms with van der Waals surface area (Å²) in [6, 6.07) is 13.1. The number of ether oxygens (including phenoxy) is 2. The number of piperidine rings is 1. The SMILES string of the molecule is CCc1cccc(Oc2c(Cl)cccc2C(O)(CCCCOC)C2CCCN(C(=O)C3CC(N)C(O)C3)C2)c1. The Kier molecular flexibility index (Phi) is 10.3. The number of unbranched alkanes of at least 4 members (excludes halogenated alkanes) is 1. The van der Waals surface area contributed by atoms with E-state index in [0.29, 0.717) is 61.0 Å². The summed E-state index contributed by atoms with van der Waals surface area (Å²) in [6.07, 6.45) is 4.72. The average molecular weight is 559 g/mol. The predicted octanol–water partition coefficient (Wildman–Crippen LogP) is 5.04. The van der Waals surface area contributed by atoms with E-state index in [4.69, 9.17) is 26.8 Å². The van der Waals surface area contributed by atoms with E-state index < -0.39 is 11.7 Å². The molecule has 5 unspecified atom stereocenters. The smallest absolute Gasteiger partial charge is 0.225 e. The molecule has 4 rings (SSSR count). The van der Waals surface area contributed by atoms with Crippen LogP contribution < -0.4 is 10.5 Å². The molecule has 214 valence electrons. The molecule has 1 heterocycles. The second-order valence-electron chi connectivity index (χ2n) is 11.1. The Morgan fingerprint density at radius 1 is 1.21 bits per heavy atom. The van der Waals surface area contributed by atoms with Crippen molar-refractivity contribution in [3.05, 3.63) is 58.6 Å². The minimum Gasteiger partial charge on any atom is -0.455 e. The lowest BCUT2D eigenvalue weighted by atomic mass is 9.73. The normalized spacial score (nSPS) is 24.9. The number of amides is 1. The van der Waals surface area contributed by atoms with Gasteiger partial charge in [0, 0.05) is 50.2 Å². The van der Waals surface area contributed by atoms with Crippen molar-refractivity contribution in [2.24, 2.45) is 17.6 Å². The second kappa shape index (κ2) is 13.5. The van der Waals surface area contributed by atoms with E-state index in [9.17, 15) is 15.0 Å². The van der Waals surface area contributed by atoms with Crippen LogP contribution >= 0.6 is 11.6 Å².